The highest BCUT2D eigenvalue weighted by Crippen LogP contribution is 2.32. The number of carbonyl (C=O) groups excluding carboxylic acids is 1. The summed E-state index contributed by atoms with van der Waals surface area (Å²) in [5.41, 5.74) is -2.04. The fraction of sp³-hybridized carbons (Fsp3) is 0.308. The van der Waals surface area contributed by atoms with Crippen molar-refractivity contribution in [1.29, 1.82) is 0 Å². The summed E-state index contributed by atoms with van der Waals surface area (Å²) < 4.78 is 51.1. The molecule has 20 heavy (non-hydrogen) atoms. The summed E-state index contributed by atoms with van der Waals surface area (Å²) in [5.74, 6) is -1.13. The van der Waals surface area contributed by atoms with Crippen molar-refractivity contribution in [2.75, 3.05) is 18.1 Å². The van der Waals surface area contributed by atoms with Gasteiger partial charge in [-0.2, -0.15) is 24.9 Å². The Labute approximate surface area is 118 Å². The molecule has 0 radical (unpaired) electrons. The molecule has 0 fully saturated rings. The van der Waals surface area contributed by atoms with Gasteiger partial charge in [-0.3, -0.25) is 4.79 Å². The Hall–Kier alpha value is -1.50. The number of rotatable bonds is 6. The number of benzene rings is 1. The molecule has 0 saturated carbocycles. The molecule has 1 aromatic rings. The topological polar surface area (TPSA) is 29.1 Å². The maximum Gasteiger partial charge on any atom is 0.419 e. The molecule has 110 valence electrons. The molecule has 0 heterocycles. The summed E-state index contributed by atoms with van der Waals surface area (Å²) in [6.45, 7) is 3.76. The van der Waals surface area contributed by atoms with Gasteiger partial charge >= 0.3 is 6.18 Å². The minimum atomic E-state index is -4.82. The van der Waals surface area contributed by atoms with Crippen molar-refractivity contribution in [1.82, 2.24) is 5.32 Å². The predicted octanol–water partition coefficient (Wildman–Crippen LogP) is 3.49. The number of halogens is 4. The molecule has 7 heteroatoms. The van der Waals surface area contributed by atoms with Crippen LogP contribution < -0.4 is 5.32 Å². The highest BCUT2D eigenvalue weighted by atomic mass is 32.2. The molecular formula is C13H13F4NOS. The van der Waals surface area contributed by atoms with Crippen LogP contribution in [0.3, 0.4) is 0 Å². The van der Waals surface area contributed by atoms with E-state index in [4.69, 9.17) is 0 Å². The fourth-order valence-electron chi connectivity index (χ4n) is 1.42. The summed E-state index contributed by atoms with van der Waals surface area (Å²) in [5, 5.41) is 2.38. The lowest BCUT2D eigenvalue weighted by Gasteiger charge is -2.11. The maximum absolute atomic E-state index is 13.6. The highest BCUT2D eigenvalue weighted by Gasteiger charge is 2.35. The Morgan fingerprint density at radius 3 is 2.70 bits per heavy atom. The van der Waals surface area contributed by atoms with E-state index < -0.39 is 29.0 Å². The van der Waals surface area contributed by atoms with Crippen LogP contribution in [-0.2, 0) is 6.18 Å². The minimum absolute atomic E-state index is 0.243. The summed E-state index contributed by atoms with van der Waals surface area (Å²) in [4.78, 5) is 11.6. The van der Waals surface area contributed by atoms with Crippen LogP contribution >= 0.6 is 11.8 Å². The molecule has 0 atom stereocenters. The first-order valence-electron chi connectivity index (χ1n) is 5.70. The Morgan fingerprint density at radius 2 is 2.10 bits per heavy atom. The normalized spacial score (nSPS) is 11.2. The smallest absolute Gasteiger partial charge is 0.351 e. The Morgan fingerprint density at radius 1 is 1.40 bits per heavy atom. The third-order valence-corrected chi connectivity index (χ3v) is 3.28. The van der Waals surface area contributed by atoms with E-state index in [2.05, 4.69) is 11.9 Å². The van der Waals surface area contributed by atoms with Crippen molar-refractivity contribution in [2.45, 2.75) is 6.18 Å². The van der Waals surface area contributed by atoms with Crippen LogP contribution in [0.2, 0.25) is 0 Å². The first-order chi connectivity index (χ1) is 9.38. The fourth-order valence-corrected chi connectivity index (χ4v) is 2.00. The molecule has 0 bridgehead atoms. The van der Waals surface area contributed by atoms with E-state index in [1.54, 1.807) is 6.08 Å². The Balaban J connectivity index is 2.72. The van der Waals surface area contributed by atoms with Gasteiger partial charge in [-0.25, -0.2) is 4.39 Å². The van der Waals surface area contributed by atoms with E-state index in [1.165, 1.54) is 11.8 Å². The molecule has 2 nitrogen and oxygen atoms in total. The van der Waals surface area contributed by atoms with Crippen molar-refractivity contribution < 1.29 is 22.4 Å². The second-order valence-electron chi connectivity index (χ2n) is 3.78. The van der Waals surface area contributed by atoms with Gasteiger partial charge < -0.3 is 5.32 Å². The van der Waals surface area contributed by atoms with Crippen molar-refractivity contribution in [2.24, 2.45) is 0 Å². The standard InChI is InChI=1S/C13H13F4NOS/c1-2-7-20-8-6-18-12(19)9-4-3-5-10(11(9)14)13(15,16)17/h2-5H,1,6-8H2,(H,18,19). The zero-order valence-corrected chi connectivity index (χ0v) is 11.3. The molecule has 0 aliphatic rings. The molecule has 0 unspecified atom stereocenters. The summed E-state index contributed by atoms with van der Waals surface area (Å²) >= 11 is 1.50. The quantitative estimate of drug-likeness (QED) is 0.495. The Kier molecular flexibility index (Phi) is 6.06. The van der Waals surface area contributed by atoms with Gasteiger partial charge in [0.2, 0.25) is 0 Å². The van der Waals surface area contributed by atoms with Crippen LogP contribution in [0.5, 0.6) is 0 Å². The summed E-state index contributed by atoms with van der Waals surface area (Å²) in [7, 11) is 0. The first kappa shape index (κ1) is 16.6. The van der Waals surface area contributed by atoms with E-state index in [0.717, 1.165) is 12.1 Å². The zero-order chi connectivity index (χ0) is 15.2. The number of hydrogen-bond donors (Lipinski definition) is 1. The van der Waals surface area contributed by atoms with E-state index >= 15 is 0 Å². The lowest BCUT2D eigenvalue weighted by molar-refractivity contribution is -0.140. The first-order valence-corrected chi connectivity index (χ1v) is 6.86. The van der Waals surface area contributed by atoms with Gasteiger partial charge in [0.15, 0.2) is 0 Å². The van der Waals surface area contributed by atoms with Gasteiger partial charge in [-0.15, -0.1) is 6.58 Å². The number of hydrogen-bond acceptors (Lipinski definition) is 2. The SMILES string of the molecule is C=CCSCCNC(=O)c1cccc(C(F)(F)F)c1F. The van der Waals surface area contributed by atoms with E-state index in [9.17, 15) is 22.4 Å². The van der Waals surface area contributed by atoms with Crippen molar-refractivity contribution in [3.05, 3.63) is 47.8 Å². The van der Waals surface area contributed by atoms with Crippen LogP contribution in [0, 0.1) is 5.82 Å². The van der Waals surface area contributed by atoms with E-state index in [1.807, 2.05) is 0 Å². The van der Waals surface area contributed by atoms with Crippen LogP contribution in [0.25, 0.3) is 0 Å². The van der Waals surface area contributed by atoms with Gasteiger partial charge in [0.1, 0.15) is 5.82 Å². The van der Waals surface area contributed by atoms with Crippen molar-refractivity contribution in [3.8, 4) is 0 Å². The highest BCUT2D eigenvalue weighted by molar-refractivity contribution is 7.99. The van der Waals surface area contributed by atoms with Gasteiger partial charge in [-0.1, -0.05) is 12.1 Å². The number of carbonyl (C=O) groups is 1. The number of amides is 1. The summed E-state index contributed by atoms with van der Waals surface area (Å²) in [6, 6.07) is 2.64. The largest absolute Gasteiger partial charge is 0.419 e. The van der Waals surface area contributed by atoms with Gasteiger partial charge in [0.05, 0.1) is 11.1 Å². The predicted molar refractivity (Wildman–Crippen MR) is 71.3 cm³/mol. The minimum Gasteiger partial charge on any atom is -0.351 e. The molecule has 0 aromatic heterocycles. The van der Waals surface area contributed by atoms with Gasteiger partial charge in [0, 0.05) is 18.1 Å². The molecule has 0 saturated heterocycles. The molecule has 1 aromatic carbocycles. The second-order valence-corrected chi connectivity index (χ2v) is 4.93. The van der Waals surface area contributed by atoms with Crippen LogP contribution in [0.15, 0.2) is 30.9 Å². The van der Waals surface area contributed by atoms with Gasteiger partial charge in [0.25, 0.3) is 5.91 Å². The molecule has 1 rings (SSSR count). The average molecular weight is 307 g/mol. The number of alkyl halides is 3. The molecule has 1 N–H and O–H groups in total. The van der Waals surface area contributed by atoms with E-state index in [0.29, 0.717) is 17.6 Å². The van der Waals surface area contributed by atoms with Gasteiger partial charge in [-0.05, 0) is 12.1 Å². The third kappa shape index (κ3) is 4.56. The van der Waals surface area contributed by atoms with E-state index in [-0.39, 0.29) is 6.54 Å². The summed E-state index contributed by atoms with van der Waals surface area (Å²) in [6.07, 6.45) is -3.13. The lowest BCUT2D eigenvalue weighted by atomic mass is 10.1. The maximum atomic E-state index is 13.6. The second kappa shape index (κ2) is 7.33. The van der Waals surface area contributed by atoms with Crippen molar-refractivity contribution in [3.63, 3.8) is 0 Å². The number of nitrogens with one attached hydrogen (secondary N) is 1. The molecular weight excluding hydrogens is 294 g/mol. The molecule has 0 aliphatic heterocycles. The Bertz CT molecular complexity index is 488. The molecule has 1 amide bonds. The average Bonchev–Trinajstić information content (AvgIpc) is 2.37. The number of thioether (sulfide) groups is 1. The van der Waals surface area contributed by atoms with Crippen LogP contribution in [0.4, 0.5) is 17.6 Å². The monoisotopic (exact) mass is 307 g/mol. The third-order valence-electron chi connectivity index (χ3n) is 2.32. The van der Waals surface area contributed by atoms with Crippen molar-refractivity contribution >= 4 is 17.7 Å². The van der Waals surface area contributed by atoms with Crippen LogP contribution in [-0.4, -0.2) is 24.0 Å². The van der Waals surface area contributed by atoms with Crippen LogP contribution in [0.1, 0.15) is 15.9 Å². The molecule has 0 spiro atoms. The lowest BCUT2D eigenvalue weighted by Crippen LogP contribution is -2.27. The molecule has 0 aliphatic carbocycles. The zero-order valence-electron chi connectivity index (χ0n) is 10.5.